The number of halogens is 1. The highest BCUT2D eigenvalue weighted by molar-refractivity contribution is 9.10. The Hall–Kier alpha value is -1.98. The third kappa shape index (κ3) is 2.26. The van der Waals surface area contributed by atoms with Gasteiger partial charge in [0, 0.05) is 23.3 Å². The molecule has 5 heteroatoms. The molecule has 4 nitrogen and oxygen atoms in total. The minimum atomic E-state index is -0.434. The average molecular weight is 356 g/mol. The molecule has 1 aliphatic rings. The molecule has 1 aliphatic carbocycles. The first kappa shape index (κ1) is 13.7. The molecule has 0 unspecified atom stereocenters. The van der Waals surface area contributed by atoms with Gasteiger partial charge in [-0.15, -0.1) is 0 Å². The van der Waals surface area contributed by atoms with E-state index in [1.807, 2.05) is 24.3 Å². The van der Waals surface area contributed by atoms with Crippen LogP contribution in [-0.4, -0.2) is 21.2 Å². The van der Waals surface area contributed by atoms with Crippen LogP contribution in [0.15, 0.2) is 53.3 Å². The van der Waals surface area contributed by atoms with E-state index in [0.29, 0.717) is 6.42 Å². The minimum Gasteiger partial charge on any atom is -0.390 e. The molecule has 0 spiro atoms. The van der Waals surface area contributed by atoms with Crippen LogP contribution in [0.4, 0.5) is 5.69 Å². The number of fused-ring (bicyclic) bond motifs is 2. The molecule has 110 valence electrons. The van der Waals surface area contributed by atoms with Gasteiger partial charge >= 0.3 is 0 Å². The molecule has 0 radical (unpaired) electrons. The normalized spacial score (nSPS) is 20.1. The zero-order chi connectivity index (χ0) is 15.1. The zero-order valence-corrected chi connectivity index (χ0v) is 13.3. The molecule has 2 N–H and O–H groups in total. The van der Waals surface area contributed by atoms with Crippen molar-refractivity contribution in [3.63, 3.8) is 0 Å². The highest BCUT2D eigenvalue weighted by atomic mass is 79.9. The fourth-order valence-corrected chi connectivity index (χ4v) is 3.36. The Morgan fingerprint density at radius 3 is 2.95 bits per heavy atom. The van der Waals surface area contributed by atoms with E-state index in [1.165, 1.54) is 5.56 Å². The van der Waals surface area contributed by atoms with Crippen molar-refractivity contribution in [1.29, 1.82) is 0 Å². The molecule has 1 aromatic carbocycles. The molecule has 0 aliphatic heterocycles. The van der Waals surface area contributed by atoms with Crippen molar-refractivity contribution in [3.05, 3.63) is 64.4 Å². The molecule has 0 saturated heterocycles. The number of aliphatic hydroxyl groups excluding tert-OH is 1. The summed E-state index contributed by atoms with van der Waals surface area (Å²) in [5.41, 5.74) is 4.86. The van der Waals surface area contributed by atoms with E-state index in [2.05, 4.69) is 43.3 Å². The van der Waals surface area contributed by atoms with E-state index in [9.17, 15) is 5.11 Å². The SMILES string of the molecule is O[C@@H]1Cc2ccccc2[C@@H]1Nc1ccnc2cc(Br)cnc12. The summed E-state index contributed by atoms with van der Waals surface area (Å²) >= 11 is 3.41. The first-order valence-electron chi connectivity index (χ1n) is 7.15. The Morgan fingerprint density at radius 2 is 2.05 bits per heavy atom. The number of rotatable bonds is 2. The van der Waals surface area contributed by atoms with E-state index >= 15 is 0 Å². The summed E-state index contributed by atoms with van der Waals surface area (Å²) in [5, 5.41) is 13.8. The number of benzene rings is 1. The van der Waals surface area contributed by atoms with Crippen molar-refractivity contribution >= 4 is 32.7 Å². The Morgan fingerprint density at radius 1 is 1.18 bits per heavy atom. The molecular weight excluding hydrogens is 342 g/mol. The molecule has 0 saturated carbocycles. The molecule has 2 atom stereocenters. The van der Waals surface area contributed by atoms with Crippen LogP contribution in [0.3, 0.4) is 0 Å². The minimum absolute atomic E-state index is 0.118. The number of aromatic nitrogens is 2. The van der Waals surface area contributed by atoms with Crippen LogP contribution in [0.5, 0.6) is 0 Å². The molecular formula is C17H14BrN3O. The first-order valence-corrected chi connectivity index (χ1v) is 7.94. The van der Waals surface area contributed by atoms with Crippen LogP contribution in [0.1, 0.15) is 17.2 Å². The number of pyridine rings is 2. The maximum absolute atomic E-state index is 10.4. The van der Waals surface area contributed by atoms with Crippen LogP contribution < -0.4 is 5.32 Å². The molecule has 3 aromatic rings. The van der Waals surface area contributed by atoms with Gasteiger partial charge < -0.3 is 10.4 Å². The highest BCUT2D eigenvalue weighted by Gasteiger charge is 2.30. The molecule has 2 aromatic heterocycles. The topological polar surface area (TPSA) is 58.0 Å². The van der Waals surface area contributed by atoms with Crippen LogP contribution in [0.25, 0.3) is 11.0 Å². The average Bonchev–Trinajstić information content (AvgIpc) is 2.83. The summed E-state index contributed by atoms with van der Waals surface area (Å²) in [4.78, 5) is 8.80. The largest absolute Gasteiger partial charge is 0.390 e. The van der Waals surface area contributed by atoms with Gasteiger partial charge in [0.15, 0.2) is 0 Å². The second-order valence-corrected chi connectivity index (χ2v) is 6.39. The second-order valence-electron chi connectivity index (χ2n) is 5.47. The van der Waals surface area contributed by atoms with E-state index in [0.717, 1.165) is 26.8 Å². The maximum Gasteiger partial charge on any atom is 0.112 e. The fourth-order valence-electron chi connectivity index (χ4n) is 3.04. The van der Waals surface area contributed by atoms with Gasteiger partial charge in [0.1, 0.15) is 5.52 Å². The van der Waals surface area contributed by atoms with Crippen molar-refractivity contribution in [2.24, 2.45) is 0 Å². The third-order valence-electron chi connectivity index (χ3n) is 4.06. The summed E-state index contributed by atoms with van der Waals surface area (Å²) in [6, 6.07) is 11.9. The van der Waals surface area contributed by atoms with Gasteiger partial charge in [-0.25, -0.2) is 0 Å². The van der Waals surface area contributed by atoms with E-state index < -0.39 is 6.10 Å². The summed E-state index contributed by atoms with van der Waals surface area (Å²) in [5.74, 6) is 0. The maximum atomic E-state index is 10.4. The van der Waals surface area contributed by atoms with Gasteiger partial charge in [-0.3, -0.25) is 9.97 Å². The first-order chi connectivity index (χ1) is 10.7. The lowest BCUT2D eigenvalue weighted by Crippen LogP contribution is -2.21. The lowest BCUT2D eigenvalue weighted by molar-refractivity contribution is 0.166. The molecule has 0 bridgehead atoms. The van der Waals surface area contributed by atoms with Crippen LogP contribution >= 0.6 is 15.9 Å². The number of anilines is 1. The van der Waals surface area contributed by atoms with Gasteiger partial charge in [0.25, 0.3) is 0 Å². The summed E-state index contributed by atoms with van der Waals surface area (Å²) in [6.45, 7) is 0. The number of hydrogen-bond donors (Lipinski definition) is 2. The lowest BCUT2D eigenvalue weighted by Gasteiger charge is -2.20. The molecule has 0 amide bonds. The van der Waals surface area contributed by atoms with Gasteiger partial charge in [-0.05, 0) is 39.2 Å². The predicted octanol–water partition coefficient (Wildman–Crippen LogP) is 3.46. The van der Waals surface area contributed by atoms with Crippen molar-refractivity contribution in [1.82, 2.24) is 9.97 Å². The van der Waals surface area contributed by atoms with E-state index in [4.69, 9.17) is 0 Å². The van der Waals surface area contributed by atoms with Crippen LogP contribution in [0, 0.1) is 0 Å². The van der Waals surface area contributed by atoms with Gasteiger partial charge in [-0.2, -0.15) is 0 Å². The Bertz CT molecular complexity index is 852. The van der Waals surface area contributed by atoms with Crippen molar-refractivity contribution in [2.45, 2.75) is 18.6 Å². The van der Waals surface area contributed by atoms with E-state index in [-0.39, 0.29) is 6.04 Å². The Kier molecular flexibility index (Phi) is 3.32. The van der Waals surface area contributed by atoms with Crippen molar-refractivity contribution in [2.75, 3.05) is 5.32 Å². The lowest BCUT2D eigenvalue weighted by atomic mass is 10.1. The standard InChI is InChI=1S/C17H14BrN3O/c18-11-8-14-17(20-9-11)13(5-6-19-14)21-16-12-4-2-1-3-10(12)7-15(16)22/h1-6,8-9,15-16,22H,7H2,(H,19,21)/t15-,16+/m1/s1. The number of aliphatic hydroxyl groups is 1. The van der Waals surface area contributed by atoms with Crippen molar-refractivity contribution < 1.29 is 5.11 Å². The predicted molar refractivity (Wildman–Crippen MR) is 89.8 cm³/mol. The molecule has 4 rings (SSSR count). The van der Waals surface area contributed by atoms with Gasteiger partial charge in [0.2, 0.25) is 0 Å². The van der Waals surface area contributed by atoms with Crippen molar-refractivity contribution in [3.8, 4) is 0 Å². The zero-order valence-electron chi connectivity index (χ0n) is 11.7. The van der Waals surface area contributed by atoms with Crippen LogP contribution in [0.2, 0.25) is 0 Å². The summed E-state index contributed by atoms with van der Waals surface area (Å²) in [6.07, 6.45) is 3.76. The van der Waals surface area contributed by atoms with Crippen LogP contribution in [-0.2, 0) is 6.42 Å². The fraction of sp³-hybridized carbons (Fsp3) is 0.176. The van der Waals surface area contributed by atoms with E-state index in [1.54, 1.807) is 12.4 Å². The quantitative estimate of drug-likeness (QED) is 0.738. The molecule has 2 heterocycles. The molecule has 0 fully saturated rings. The number of nitrogens with zero attached hydrogens (tertiary/aromatic N) is 2. The second kappa shape index (κ2) is 5.34. The highest BCUT2D eigenvalue weighted by Crippen LogP contribution is 2.35. The summed E-state index contributed by atoms with van der Waals surface area (Å²) < 4.78 is 0.899. The number of hydrogen-bond acceptors (Lipinski definition) is 4. The van der Waals surface area contributed by atoms with Gasteiger partial charge in [0.05, 0.1) is 23.3 Å². The molecule has 22 heavy (non-hydrogen) atoms. The smallest absolute Gasteiger partial charge is 0.112 e. The summed E-state index contributed by atoms with van der Waals surface area (Å²) in [7, 11) is 0. The number of nitrogens with one attached hydrogen (secondary N) is 1. The monoisotopic (exact) mass is 355 g/mol. The Labute approximate surface area is 136 Å². The Balaban J connectivity index is 1.75. The van der Waals surface area contributed by atoms with Gasteiger partial charge in [-0.1, -0.05) is 24.3 Å². The third-order valence-corrected chi connectivity index (χ3v) is 4.49.